The molecule has 2 aliphatic rings. The van der Waals surface area contributed by atoms with Crippen molar-refractivity contribution < 1.29 is 23.5 Å². The van der Waals surface area contributed by atoms with Crippen LogP contribution in [0.3, 0.4) is 0 Å². The summed E-state index contributed by atoms with van der Waals surface area (Å²) in [5, 5.41) is 6.13. The normalized spacial score (nSPS) is 15.3. The number of aryl methyl sites for hydroxylation is 2. The Morgan fingerprint density at radius 2 is 1.65 bits per heavy atom. The maximum absolute atomic E-state index is 15.1. The highest BCUT2D eigenvalue weighted by molar-refractivity contribution is 6.32. The third-order valence-corrected chi connectivity index (χ3v) is 10.2. The molecule has 0 aliphatic carbocycles. The van der Waals surface area contributed by atoms with Gasteiger partial charge in [-0.15, -0.1) is 0 Å². The van der Waals surface area contributed by atoms with Crippen LogP contribution >= 0.6 is 11.6 Å². The molecule has 286 valence electrons. The summed E-state index contributed by atoms with van der Waals surface area (Å²) in [6.07, 6.45) is 5.90. The number of ether oxygens (including phenoxy) is 2. The summed E-state index contributed by atoms with van der Waals surface area (Å²) in [5.74, 6) is -0.806. The van der Waals surface area contributed by atoms with Gasteiger partial charge < -0.3 is 29.9 Å². The molecule has 54 heavy (non-hydrogen) atoms. The zero-order valence-corrected chi connectivity index (χ0v) is 32.2. The third-order valence-electron chi connectivity index (χ3n) is 9.95. The second kappa shape index (κ2) is 18.0. The minimum absolute atomic E-state index is 0.0435. The summed E-state index contributed by atoms with van der Waals surface area (Å²) in [5.41, 5.74) is 3.28. The van der Waals surface area contributed by atoms with E-state index >= 15 is 4.39 Å². The van der Waals surface area contributed by atoms with E-state index < -0.39 is 11.7 Å². The van der Waals surface area contributed by atoms with Crippen molar-refractivity contribution in [3.63, 3.8) is 0 Å². The molecule has 0 saturated carbocycles. The molecule has 2 saturated heterocycles. The van der Waals surface area contributed by atoms with E-state index in [1.54, 1.807) is 30.3 Å². The number of amides is 2. The lowest BCUT2D eigenvalue weighted by Crippen LogP contribution is -2.50. The van der Waals surface area contributed by atoms with Crippen molar-refractivity contribution in [3.05, 3.63) is 93.9 Å². The molecule has 3 aromatic carbocycles. The number of hydrogen-bond acceptors (Lipinski definition) is 9. The van der Waals surface area contributed by atoms with Gasteiger partial charge in [0.05, 0.1) is 11.6 Å². The van der Waals surface area contributed by atoms with Gasteiger partial charge in [-0.05, 0) is 102 Å². The molecule has 0 spiro atoms. The van der Waals surface area contributed by atoms with E-state index in [-0.39, 0.29) is 39.8 Å². The second-order valence-corrected chi connectivity index (χ2v) is 14.6. The number of benzene rings is 3. The fraction of sp³-hybridized carbons (Fsp3) is 0.415. The van der Waals surface area contributed by atoms with Crippen LogP contribution in [0.25, 0.3) is 0 Å². The number of aromatic nitrogens is 2. The smallest absolute Gasteiger partial charge is 0.262 e. The Kier molecular flexibility index (Phi) is 13.0. The van der Waals surface area contributed by atoms with Crippen LogP contribution in [0, 0.1) is 19.7 Å². The molecule has 13 heteroatoms. The van der Waals surface area contributed by atoms with E-state index in [2.05, 4.69) is 44.2 Å². The van der Waals surface area contributed by atoms with Crippen molar-refractivity contribution in [2.24, 2.45) is 0 Å². The number of halogens is 2. The van der Waals surface area contributed by atoms with Crippen LogP contribution in [-0.4, -0.2) is 94.9 Å². The summed E-state index contributed by atoms with van der Waals surface area (Å²) in [6, 6.07) is 15.5. The maximum atomic E-state index is 15.1. The molecule has 2 N–H and O–H groups in total. The van der Waals surface area contributed by atoms with Gasteiger partial charge in [-0.1, -0.05) is 36.2 Å². The predicted octanol–water partition coefficient (Wildman–Crippen LogP) is 8.10. The van der Waals surface area contributed by atoms with Crippen LogP contribution in [0.1, 0.15) is 71.4 Å². The van der Waals surface area contributed by atoms with Crippen LogP contribution in [-0.2, 0) is 0 Å². The van der Waals surface area contributed by atoms with E-state index in [0.717, 1.165) is 50.3 Å². The standard InChI is InChI=1S/C41H49ClFN7O4/c1-27(2)49-19-21-50(22-20-49)40(52)30-12-14-35(33(42)24-30)54-39-32(38(51)46-37-28(3)10-8-11-29(37)4)26-44-41(47-39)45-31-13-15-36(34(43)25-31)53-23-9-18-48-16-6-5-7-17-48/h8,10-15,24-27H,5-7,9,16-23H2,1-4H3,(H,46,51)(H,44,45,47). The first-order valence-corrected chi connectivity index (χ1v) is 19.1. The van der Waals surface area contributed by atoms with Crippen molar-refractivity contribution in [1.29, 1.82) is 0 Å². The van der Waals surface area contributed by atoms with E-state index in [1.165, 1.54) is 31.5 Å². The Morgan fingerprint density at radius 1 is 0.926 bits per heavy atom. The fourth-order valence-corrected chi connectivity index (χ4v) is 6.99. The highest BCUT2D eigenvalue weighted by atomic mass is 35.5. The van der Waals surface area contributed by atoms with Gasteiger partial charge in [-0.2, -0.15) is 4.98 Å². The first kappa shape index (κ1) is 38.9. The first-order valence-electron chi connectivity index (χ1n) is 18.7. The second-order valence-electron chi connectivity index (χ2n) is 14.2. The van der Waals surface area contributed by atoms with Gasteiger partial charge in [0.1, 0.15) is 11.3 Å². The topological polar surface area (TPSA) is 112 Å². The molecule has 1 aromatic heterocycles. The zero-order chi connectivity index (χ0) is 38.2. The Balaban J connectivity index is 1.18. The van der Waals surface area contributed by atoms with E-state index in [0.29, 0.717) is 42.7 Å². The number of anilines is 3. The number of nitrogens with zero attached hydrogens (tertiary/aromatic N) is 5. The van der Waals surface area contributed by atoms with Gasteiger partial charge in [-0.25, -0.2) is 9.37 Å². The van der Waals surface area contributed by atoms with Crippen molar-refractivity contribution in [2.45, 2.75) is 59.4 Å². The van der Waals surface area contributed by atoms with Crippen molar-refractivity contribution in [2.75, 3.05) is 63.1 Å². The van der Waals surface area contributed by atoms with Crippen LogP contribution in [0.4, 0.5) is 21.7 Å². The molecular weight excluding hydrogens is 709 g/mol. The number of para-hydroxylation sites is 1. The van der Waals surface area contributed by atoms with E-state index in [9.17, 15) is 9.59 Å². The molecule has 2 fully saturated rings. The third kappa shape index (κ3) is 9.85. The Bertz CT molecular complexity index is 1930. The van der Waals surface area contributed by atoms with Crippen LogP contribution < -0.4 is 20.1 Å². The Labute approximate surface area is 321 Å². The number of piperazine rings is 1. The minimum atomic E-state index is -0.526. The lowest BCUT2D eigenvalue weighted by Gasteiger charge is -2.37. The van der Waals surface area contributed by atoms with Crippen molar-refractivity contribution in [1.82, 2.24) is 24.7 Å². The molecular formula is C41H49ClFN7O4. The molecule has 0 radical (unpaired) electrons. The number of piperidine rings is 1. The molecule has 4 aromatic rings. The molecule has 0 bridgehead atoms. The zero-order valence-electron chi connectivity index (χ0n) is 31.5. The summed E-state index contributed by atoms with van der Waals surface area (Å²) >= 11 is 6.70. The van der Waals surface area contributed by atoms with Gasteiger partial charge in [0.2, 0.25) is 11.8 Å². The molecule has 0 atom stereocenters. The van der Waals surface area contributed by atoms with Crippen LogP contribution in [0.5, 0.6) is 17.4 Å². The van der Waals surface area contributed by atoms with Gasteiger partial charge in [0.25, 0.3) is 11.8 Å². The molecule has 3 heterocycles. The van der Waals surface area contributed by atoms with Crippen LogP contribution in [0.15, 0.2) is 60.8 Å². The summed E-state index contributed by atoms with van der Waals surface area (Å²) in [7, 11) is 0. The largest absolute Gasteiger partial charge is 0.490 e. The highest BCUT2D eigenvalue weighted by Gasteiger charge is 2.25. The number of carbonyl (C=O) groups excluding carboxylic acids is 2. The first-order chi connectivity index (χ1) is 26.0. The SMILES string of the molecule is Cc1cccc(C)c1NC(=O)c1cnc(Nc2ccc(OCCCN3CCCCC3)c(F)c2)nc1Oc1ccc(C(=O)N2CCN(C(C)C)CC2)cc1Cl. The lowest BCUT2D eigenvalue weighted by atomic mass is 10.1. The van der Waals surface area contributed by atoms with Gasteiger partial charge in [-0.3, -0.25) is 14.5 Å². The Hall–Kier alpha value is -4.78. The van der Waals surface area contributed by atoms with E-state index in [4.69, 9.17) is 21.1 Å². The van der Waals surface area contributed by atoms with E-state index in [1.807, 2.05) is 36.9 Å². The van der Waals surface area contributed by atoms with Gasteiger partial charge >= 0.3 is 0 Å². The molecule has 2 aliphatic heterocycles. The number of likely N-dealkylation sites (tertiary alicyclic amines) is 1. The average Bonchev–Trinajstić information content (AvgIpc) is 3.16. The molecule has 6 rings (SSSR count). The highest BCUT2D eigenvalue weighted by Crippen LogP contribution is 2.33. The average molecular weight is 758 g/mol. The monoisotopic (exact) mass is 757 g/mol. The number of carbonyl (C=O) groups is 2. The maximum Gasteiger partial charge on any atom is 0.262 e. The molecule has 0 unspecified atom stereocenters. The summed E-state index contributed by atoms with van der Waals surface area (Å²) in [6.45, 7) is 14.5. The molecule has 2 amide bonds. The molecule has 11 nitrogen and oxygen atoms in total. The predicted molar refractivity (Wildman–Crippen MR) is 210 cm³/mol. The van der Waals surface area contributed by atoms with Crippen LogP contribution in [0.2, 0.25) is 5.02 Å². The number of rotatable bonds is 13. The van der Waals surface area contributed by atoms with Crippen molar-refractivity contribution in [3.8, 4) is 17.4 Å². The minimum Gasteiger partial charge on any atom is -0.490 e. The fourth-order valence-electron chi connectivity index (χ4n) is 6.78. The summed E-state index contributed by atoms with van der Waals surface area (Å²) in [4.78, 5) is 42.5. The van der Waals surface area contributed by atoms with Gasteiger partial charge in [0.15, 0.2) is 11.6 Å². The summed E-state index contributed by atoms with van der Waals surface area (Å²) < 4.78 is 27.0. The lowest BCUT2D eigenvalue weighted by molar-refractivity contribution is 0.0595. The number of nitrogens with one attached hydrogen (secondary N) is 2. The quantitative estimate of drug-likeness (QED) is 0.131. The van der Waals surface area contributed by atoms with Gasteiger partial charge in [0, 0.05) is 68.0 Å². The number of hydrogen-bond donors (Lipinski definition) is 2. The Morgan fingerprint density at radius 3 is 2.33 bits per heavy atom. The van der Waals surface area contributed by atoms with Crippen molar-refractivity contribution >= 4 is 40.7 Å².